The maximum atomic E-state index is 10.3. The molecule has 1 aromatic carbocycles. The highest BCUT2D eigenvalue weighted by atomic mass is 16.5. The van der Waals surface area contributed by atoms with Crippen molar-refractivity contribution in [2.24, 2.45) is 0 Å². The third-order valence-electron chi connectivity index (χ3n) is 4.23. The molecule has 0 aromatic heterocycles. The van der Waals surface area contributed by atoms with E-state index < -0.39 is 0 Å². The summed E-state index contributed by atoms with van der Waals surface area (Å²) >= 11 is 0. The number of nitrogens with zero attached hydrogens (tertiary/aromatic N) is 1. The minimum Gasteiger partial charge on any atom is -0.504 e. The first-order valence-corrected chi connectivity index (χ1v) is 8.04. The number of aliphatic hydroxyl groups excluding tert-OH is 1. The summed E-state index contributed by atoms with van der Waals surface area (Å²) in [5, 5.41) is 19.6. The van der Waals surface area contributed by atoms with E-state index in [1.165, 1.54) is 32.1 Å². The molecule has 1 aromatic rings. The Hall–Kier alpha value is -1.26. The second-order valence-electron chi connectivity index (χ2n) is 5.68. The van der Waals surface area contributed by atoms with Crippen LogP contribution >= 0.6 is 0 Å². The van der Waals surface area contributed by atoms with E-state index in [1.807, 2.05) is 19.1 Å². The number of hydrogen-bond acceptors (Lipinski definition) is 4. The summed E-state index contributed by atoms with van der Waals surface area (Å²) in [6.07, 6.45) is 6.21. The van der Waals surface area contributed by atoms with Crippen LogP contribution in [0.25, 0.3) is 0 Å². The molecule has 21 heavy (non-hydrogen) atoms. The lowest BCUT2D eigenvalue weighted by Gasteiger charge is -2.34. The van der Waals surface area contributed by atoms with Gasteiger partial charge in [0.25, 0.3) is 0 Å². The Morgan fingerprint density at radius 3 is 2.67 bits per heavy atom. The number of rotatable bonds is 7. The molecule has 0 aliphatic heterocycles. The molecule has 1 aliphatic carbocycles. The van der Waals surface area contributed by atoms with Gasteiger partial charge in [-0.3, -0.25) is 4.90 Å². The van der Waals surface area contributed by atoms with E-state index in [0.717, 1.165) is 5.56 Å². The molecule has 4 nitrogen and oxygen atoms in total. The fourth-order valence-corrected chi connectivity index (χ4v) is 3.15. The Labute approximate surface area is 127 Å². The zero-order chi connectivity index (χ0) is 15.1. The zero-order valence-electron chi connectivity index (χ0n) is 12.9. The highest BCUT2D eigenvalue weighted by Crippen LogP contribution is 2.32. The first-order chi connectivity index (χ1) is 10.3. The molecule has 2 N–H and O–H groups in total. The molecule has 0 radical (unpaired) electrons. The van der Waals surface area contributed by atoms with Gasteiger partial charge in [0.2, 0.25) is 0 Å². The summed E-state index contributed by atoms with van der Waals surface area (Å²) < 4.78 is 5.45. The van der Waals surface area contributed by atoms with Crippen molar-refractivity contribution in [1.29, 1.82) is 0 Å². The monoisotopic (exact) mass is 293 g/mol. The maximum absolute atomic E-state index is 10.3. The highest BCUT2D eigenvalue weighted by molar-refractivity contribution is 5.45. The van der Waals surface area contributed by atoms with Gasteiger partial charge < -0.3 is 14.9 Å². The molecule has 2 rings (SSSR count). The lowest BCUT2D eigenvalue weighted by Crippen LogP contribution is -2.38. The van der Waals surface area contributed by atoms with Gasteiger partial charge in [-0.1, -0.05) is 31.4 Å². The van der Waals surface area contributed by atoms with Crippen LogP contribution in [0.2, 0.25) is 0 Å². The first kappa shape index (κ1) is 16.1. The van der Waals surface area contributed by atoms with Crippen molar-refractivity contribution in [3.05, 3.63) is 23.8 Å². The molecule has 0 unspecified atom stereocenters. The molecule has 0 amide bonds. The third-order valence-corrected chi connectivity index (χ3v) is 4.23. The molecule has 1 fully saturated rings. The number of hydrogen-bond donors (Lipinski definition) is 2. The van der Waals surface area contributed by atoms with Crippen LogP contribution in [0.5, 0.6) is 11.5 Å². The van der Waals surface area contributed by atoms with Gasteiger partial charge in [-0.2, -0.15) is 0 Å². The predicted octanol–water partition coefficient (Wildman–Crippen LogP) is 2.92. The molecule has 0 saturated heterocycles. The zero-order valence-corrected chi connectivity index (χ0v) is 12.9. The van der Waals surface area contributed by atoms with Crippen LogP contribution in [0.3, 0.4) is 0 Å². The second kappa shape index (κ2) is 8.25. The van der Waals surface area contributed by atoms with Crippen molar-refractivity contribution in [2.45, 2.75) is 51.6 Å². The minimum absolute atomic E-state index is 0.155. The fraction of sp³-hybridized carbons (Fsp3) is 0.647. The minimum atomic E-state index is 0.155. The SMILES string of the molecule is CCOc1cccc(CN(CCO)C2CCCCC2)c1O. The van der Waals surface area contributed by atoms with Gasteiger partial charge in [0.05, 0.1) is 13.2 Å². The van der Waals surface area contributed by atoms with Crippen molar-refractivity contribution in [3.63, 3.8) is 0 Å². The van der Waals surface area contributed by atoms with Crippen LogP contribution in [0.15, 0.2) is 18.2 Å². The van der Waals surface area contributed by atoms with E-state index in [9.17, 15) is 10.2 Å². The number of aromatic hydroxyl groups is 1. The van der Waals surface area contributed by atoms with Crippen LogP contribution in [-0.4, -0.2) is 40.9 Å². The average Bonchev–Trinajstić information content (AvgIpc) is 2.52. The molecule has 1 aliphatic rings. The quantitative estimate of drug-likeness (QED) is 0.811. The first-order valence-electron chi connectivity index (χ1n) is 8.04. The molecule has 0 heterocycles. The summed E-state index contributed by atoms with van der Waals surface area (Å²) in [4.78, 5) is 2.30. The molecular formula is C17H27NO3. The van der Waals surface area contributed by atoms with E-state index in [-0.39, 0.29) is 12.4 Å². The Morgan fingerprint density at radius 2 is 2.00 bits per heavy atom. The maximum Gasteiger partial charge on any atom is 0.162 e. The average molecular weight is 293 g/mol. The Morgan fingerprint density at radius 1 is 1.24 bits per heavy atom. The van der Waals surface area contributed by atoms with Crippen LogP contribution in [0.1, 0.15) is 44.6 Å². The standard InChI is InChI=1S/C17H27NO3/c1-2-21-16-10-6-7-14(17(16)20)13-18(11-12-19)15-8-4-3-5-9-15/h6-7,10,15,19-20H,2-5,8-9,11-13H2,1H3. The molecule has 1 saturated carbocycles. The van der Waals surface area contributed by atoms with E-state index in [4.69, 9.17) is 4.74 Å². The normalized spacial score (nSPS) is 16.3. The van der Waals surface area contributed by atoms with Crippen molar-refractivity contribution in [1.82, 2.24) is 4.90 Å². The van der Waals surface area contributed by atoms with Crippen LogP contribution < -0.4 is 4.74 Å². The van der Waals surface area contributed by atoms with E-state index in [0.29, 0.717) is 31.5 Å². The number of ether oxygens (including phenoxy) is 1. The van der Waals surface area contributed by atoms with Gasteiger partial charge in [0, 0.05) is 24.7 Å². The smallest absolute Gasteiger partial charge is 0.162 e. The van der Waals surface area contributed by atoms with E-state index in [1.54, 1.807) is 6.07 Å². The lowest BCUT2D eigenvalue weighted by molar-refractivity contribution is 0.116. The fourth-order valence-electron chi connectivity index (χ4n) is 3.15. The van der Waals surface area contributed by atoms with Gasteiger partial charge in [-0.15, -0.1) is 0 Å². The largest absolute Gasteiger partial charge is 0.504 e. The summed E-state index contributed by atoms with van der Waals surface area (Å²) in [5.41, 5.74) is 0.875. The Balaban J connectivity index is 2.10. The molecule has 0 spiro atoms. The molecule has 0 atom stereocenters. The topological polar surface area (TPSA) is 52.9 Å². The van der Waals surface area contributed by atoms with Gasteiger partial charge >= 0.3 is 0 Å². The summed E-state index contributed by atoms with van der Waals surface area (Å²) in [5.74, 6) is 0.778. The van der Waals surface area contributed by atoms with Gasteiger partial charge in [-0.25, -0.2) is 0 Å². The van der Waals surface area contributed by atoms with Crippen LogP contribution in [0.4, 0.5) is 0 Å². The van der Waals surface area contributed by atoms with Crippen molar-refractivity contribution >= 4 is 0 Å². The van der Waals surface area contributed by atoms with Crippen LogP contribution in [0, 0.1) is 0 Å². The number of para-hydroxylation sites is 1. The number of benzene rings is 1. The molecular weight excluding hydrogens is 266 g/mol. The lowest BCUT2D eigenvalue weighted by atomic mass is 9.93. The van der Waals surface area contributed by atoms with E-state index >= 15 is 0 Å². The Kier molecular flexibility index (Phi) is 6.33. The number of phenols is 1. The second-order valence-corrected chi connectivity index (χ2v) is 5.68. The van der Waals surface area contributed by atoms with E-state index in [2.05, 4.69) is 4.90 Å². The summed E-state index contributed by atoms with van der Waals surface area (Å²) in [6.45, 7) is 3.93. The van der Waals surface area contributed by atoms with Crippen molar-refractivity contribution < 1.29 is 14.9 Å². The summed E-state index contributed by atoms with van der Waals surface area (Å²) in [6, 6.07) is 6.16. The summed E-state index contributed by atoms with van der Waals surface area (Å²) in [7, 11) is 0. The number of phenolic OH excluding ortho intramolecular Hbond substituents is 1. The molecule has 118 valence electrons. The molecule has 4 heteroatoms. The van der Waals surface area contributed by atoms with Crippen molar-refractivity contribution in [2.75, 3.05) is 19.8 Å². The Bertz CT molecular complexity index is 430. The van der Waals surface area contributed by atoms with Gasteiger partial charge in [-0.05, 0) is 25.8 Å². The van der Waals surface area contributed by atoms with Crippen molar-refractivity contribution in [3.8, 4) is 11.5 Å². The predicted molar refractivity (Wildman–Crippen MR) is 83.6 cm³/mol. The number of aliphatic hydroxyl groups is 1. The molecule has 0 bridgehead atoms. The van der Waals surface area contributed by atoms with Gasteiger partial charge in [0.15, 0.2) is 11.5 Å². The van der Waals surface area contributed by atoms with Crippen LogP contribution in [-0.2, 0) is 6.54 Å². The highest BCUT2D eigenvalue weighted by Gasteiger charge is 2.22. The third kappa shape index (κ3) is 4.35. The van der Waals surface area contributed by atoms with Gasteiger partial charge in [0.1, 0.15) is 0 Å².